The van der Waals surface area contributed by atoms with Crippen molar-refractivity contribution < 1.29 is 0 Å². The SMILES string of the molecule is CN[C@H]1CCCN(C(C)(C)C)C1. The van der Waals surface area contributed by atoms with Crippen LogP contribution in [0.2, 0.25) is 0 Å². The molecule has 2 nitrogen and oxygen atoms in total. The van der Waals surface area contributed by atoms with Crippen molar-refractivity contribution in [3.8, 4) is 0 Å². The van der Waals surface area contributed by atoms with Gasteiger partial charge in [-0.25, -0.2) is 0 Å². The molecule has 1 fully saturated rings. The number of hydrogen-bond donors (Lipinski definition) is 1. The minimum Gasteiger partial charge on any atom is -0.316 e. The van der Waals surface area contributed by atoms with Crippen molar-refractivity contribution in [3.63, 3.8) is 0 Å². The van der Waals surface area contributed by atoms with Gasteiger partial charge < -0.3 is 5.32 Å². The minimum atomic E-state index is 0.343. The lowest BCUT2D eigenvalue weighted by Crippen LogP contribution is -2.51. The molecule has 72 valence electrons. The second-order valence-corrected chi connectivity index (χ2v) is 4.74. The Morgan fingerprint density at radius 1 is 1.33 bits per heavy atom. The van der Waals surface area contributed by atoms with Gasteiger partial charge in [-0.05, 0) is 47.2 Å². The topological polar surface area (TPSA) is 15.3 Å². The lowest BCUT2D eigenvalue weighted by Gasteiger charge is -2.41. The van der Waals surface area contributed by atoms with Crippen molar-refractivity contribution in [1.29, 1.82) is 0 Å². The normalized spacial score (nSPS) is 27.5. The van der Waals surface area contributed by atoms with E-state index in [-0.39, 0.29) is 0 Å². The van der Waals surface area contributed by atoms with Gasteiger partial charge in [-0.2, -0.15) is 0 Å². The summed E-state index contributed by atoms with van der Waals surface area (Å²) in [6.07, 6.45) is 2.67. The standard InChI is InChI=1S/C10H22N2/c1-10(2,3)12-7-5-6-9(8-12)11-4/h9,11H,5-8H2,1-4H3/t9-/m0/s1. The summed E-state index contributed by atoms with van der Waals surface area (Å²) >= 11 is 0. The molecule has 0 unspecified atom stereocenters. The largest absolute Gasteiger partial charge is 0.316 e. The highest BCUT2D eigenvalue weighted by atomic mass is 15.2. The zero-order valence-corrected chi connectivity index (χ0v) is 8.85. The van der Waals surface area contributed by atoms with E-state index in [0.717, 1.165) is 0 Å². The predicted octanol–water partition coefficient (Wildman–Crippen LogP) is 1.47. The fourth-order valence-electron chi connectivity index (χ4n) is 1.82. The maximum Gasteiger partial charge on any atom is 0.0192 e. The lowest BCUT2D eigenvalue weighted by atomic mass is 9.98. The molecule has 1 rings (SSSR count). The van der Waals surface area contributed by atoms with E-state index < -0.39 is 0 Å². The molecule has 2 heteroatoms. The molecule has 1 aliphatic rings. The highest BCUT2D eigenvalue weighted by Crippen LogP contribution is 2.19. The van der Waals surface area contributed by atoms with Crippen LogP contribution in [0.1, 0.15) is 33.6 Å². The molecule has 0 bridgehead atoms. The second-order valence-electron chi connectivity index (χ2n) is 4.74. The predicted molar refractivity (Wildman–Crippen MR) is 53.4 cm³/mol. The number of hydrogen-bond acceptors (Lipinski definition) is 2. The molecule has 0 aromatic rings. The number of piperidine rings is 1. The van der Waals surface area contributed by atoms with Gasteiger partial charge in [0.05, 0.1) is 0 Å². The molecule has 1 aliphatic heterocycles. The monoisotopic (exact) mass is 170 g/mol. The van der Waals surface area contributed by atoms with Crippen LogP contribution >= 0.6 is 0 Å². The van der Waals surface area contributed by atoms with E-state index in [1.54, 1.807) is 0 Å². The van der Waals surface area contributed by atoms with Gasteiger partial charge in [0.25, 0.3) is 0 Å². The Morgan fingerprint density at radius 3 is 2.50 bits per heavy atom. The van der Waals surface area contributed by atoms with Crippen molar-refractivity contribution in [2.75, 3.05) is 20.1 Å². The lowest BCUT2D eigenvalue weighted by molar-refractivity contribution is 0.0928. The number of nitrogens with one attached hydrogen (secondary N) is 1. The Balaban J connectivity index is 2.46. The third kappa shape index (κ3) is 2.46. The zero-order valence-electron chi connectivity index (χ0n) is 8.85. The van der Waals surface area contributed by atoms with Crippen LogP contribution in [0.25, 0.3) is 0 Å². The molecule has 12 heavy (non-hydrogen) atoms. The van der Waals surface area contributed by atoms with Crippen LogP contribution in [-0.2, 0) is 0 Å². The third-order valence-electron chi connectivity index (χ3n) is 2.78. The summed E-state index contributed by atoms with van der Waals surface area (Å²) in [5.74, 6) is 0. The molecule has 1 atom stereocenters. The fraction of sp³-hybridized carbons (Fsp3) is 1.00. The van der Waals surface area contributed by atoms with E-state index in [0.29, 0.717) is 11.6 Å². The molecule has 0 aliphatic carbocycles. The summed E-state index contributed by atoms with van der Waals surface area (Å²) in [7, 11) is 2.07. The summed E-state index contributed by atoms with van der Waals surface area (Å²) in [6.45, 7) is 9.36. The van der Waals surface area contributed by atoms with Crippen LogP contribution in [0.3, 0.4) is 0 Å². The van der Waals surface area contributed by atoms with Crippen molar-refractivity contribution >= 4 is 0 Å². The van der Waals surface area contributed by atoms with Crippen LogP contribution in [0.4, 0.5) is 0 Å². The maximum atomic E-state index is 3.36. The second kappa shape index (κ2) is 3.75. The van der Waals surface area contributed by atoms with Crippen molar-refractivity contribution in [1.82, 2.24) is 10.2 Å². The number of nitrogens with zero attached hydrogens (tertiary/aromatic N) is 1. The Hall–Kier alpha value is -0.0800. The number of likely N-dealkylation sites (tertiary alicyclic amines) is 1. The van der Waals surface area contributed by atoms with Crippen LogP contribution in [0.15, 0.2) is 0 Å². The van der Waals surface area contributed by atoms with Gasteiger partial charge in [0, 0.05) is 18.1 Å². The highest BCUT2D eigenvalue weighted by molar-refractivity contribution is 4.84. The van der Waals surface area contributed by atoms with E-state index >= 15 is 0 Å². The van der Waals surface area contributed by atoms with E-state index in [4.69, 9.17) is 0 Å². The van der Waals surface area contributed by atoms with Crippen molar-refractivity contribution in [2.45, 2.75) is 45.2 Å². The van der Waals surface area contributed by atoms with E-state index in [2.05, 4.69) is 38.0 Å². The third-order valence-corrected chi connectivity index (χ3v) is 2.78. The van der Waals surface area contributed by atoms with Crippen LogP contribution < -0.4 is 5.32 Å². The average Bonchev–Trinajstić information content (AvgIpc) is 2.03. The molecule has 0 amide bonds. The molecule has 0 aromatic carbocycles. The first-order valence-corrected chi connectivity index (χ1v) is 4.96. The van der Waals surface area contributed by atoms with Gasteiger partial charge in [-0.3, -0.25) is 4.90 Å². The molecule has 1 saturated heterocycles. The molecule has 0 saturated carbocycles. The Morgan fingerprint density at radius 2 is 2.00 bits per heavy atom. The molecular weight excluding hydrogens is 148 g/mol. The summed E-state index contributed by atoms with van der Waals surface area (Å²) in [5, 5.41) is 3.36. The molecule has 0 radical (unpaired) electrons. The Kier molecular flexibility index (Phi) is 3.13. The molecular formula is C10H22N2. The van der Waals surface area contributed by atoms with Gasteiger partial charge in [0.15, 0.2) is 0 Å². The first-order chi connectivity index (χ1) is 5.54. The fourth-order valence-corrected chi connectivity index (χ4v) is 1.82. The molecule has 0 spiro atoms. The van der Waals surface area contributed by atoms with Gasteiger partial charge in [0.1, 0.15) is 0 Å². The quantitative estimate of drug-likeness (QED) is 0.641. The first kappa shape index (κ1) is 10.0. The van der Waals surface area contributed by atoms with Crippen molar-refractivity contribution in [2.24, 2.45) is 0 Å². The van der Waals surface area contributed by atoms with E-state index in [1.165, 1.54) is 25.9 Å². The Labute approximate surface area is 76.3 Å². The average molecular weight is 170 g/mol. The summed E-state index contributed by atoms with van der Waals surface area (Å²) in [4.78, 5) is 2.57. The van der Waals surface area contributed by atoms with Crippen LogP contribution in [0.5, 0.6) is 0 Å². The molecule has 1 heterocycles. The minimum absolute atomic E-state index is 0.343. The van der Waals surface area contributed by atoms with Crippen molar-refractivity contribution in [3.05, 3.63) is 0 Å². The van der Waals surface area contributed by atoms with Gasteiger partial charge in [0.2, 0.25) is 0 Å². The van der Waals surface area contributed by atoms with E-state index in [1.807, 2.05) is 0 Å². The smallest absolute Gasteiger partial charge is 0.0192 e. The van der Waals surface area contributed by atoms with Crippen LogP contribution in [0, 0.1) is 0 Å². The summed E-state index contributed by atoms with van der Waals surface area (Å²) < 4.78 is 0. The van der Waals surface area contributed by atoms with Gasteiger partial charge in [-0.1, -0.05) is 0 Å². The van der Waals surface area contributed by atoms with Gasteiger partial charge >= 0.3 is 0 Å². The first-order valence-electron chi connectivity index (χ1n) is 4.96. The summed E-state index contributed by atoms with van der Waals surface area (Å²) in [6, 6.07) is 0.706. The molecule has 1 N–H and O–H groups in total. The van der Waals surface area contributed by atoms with E-state index in [9.17, 15) is 0 Å². The number of likely N-dealkylation sites (N-methyl/N-ethyl adjacent to an activating group) is 1. The summed E-state index contributed by atoms with van der Waals surface area (Å²) in [5.41, 5.74) is 0.343. The molecule has 0 aromatic heterocycles. The number of rotatable bonds is 1. The van der Waals surface area contributed by atoms with Crippen LogP contribution in [-0.4, -0.2) is 36.6 Å². The zero-order chi connectivity index (χ0) is 9.19. The maximum absolute atomic E-state index is 3.36. The Bertz CT molecular complexity index is 137. The highest BCUT2D eigenvalue weighted by Gasteiger charge is 2.26. The van der Waals surface area contributed by atoms with Gasteiger partial charge in [-0.15, -0.1) is 0 Å².